The van der Waals surface area contributed by atoms with E-state index >= 15 is 0 Å². The van der Waals surface area contributed by atoms with Gasteiger partial charge in [-0.2, -0.15) is 0 Å². The summed E-state index contributed by atoms with van der Waals surface area (Å²) >= 11 is 0. The molecule has 14 heavy (non-hydrogen) atoms. The summed E-state index contributed by atoms with van der Waals surface area (Å²) in [7, 11) is 0. The van der Waals surface area contributed by atoms with Gasteiger partial charge in [-0.3, -0.25) is 4.79 Å². The van der Waals surface area contributed by atoms with Gasteiger partial charge in [-0.15, -0.1) is 0 Å². The molecule has 1 saturated carbocycles. The molecule has 1 amide bonds. The highest BCUT2D eigenvalue weighted by Crippen LogP contribution is 2.23. The van der Waals surface area contributed by atoms with Crippen molar-refractivity contribution in [3.8, 4) is 0 Å². The minimum Gasteiger partial charge on any atom is -0.351 e. The lowest BCUT2D eigenvalue weighted by Crippen LogP contribution is -2.46. The highest BCUT2D eigenvalue weighted by Gasteiger charge is 2.27. The van der Waals surface area contributed by atoms with Crippen LogP contribution in [-0.2, 0) is 4.79 Å². The van der Waals surface area contributed by atoms with E-state index in [-0.39, 0.29) is 23.4 Å². The van der Waals surface area contributed by atoms with Crippen LogP contribution in [0.15, 0.2) is 0 Å². The molecule has 3 N–H and O–H groups in total. The van der Waals surface area contributed by atoms with E-state index in [0.717, 1.165) is 25.7 Å². The Kier molecular flexibility index (Phi) is 3.53. The molecule has 0 heterocycles. The molecular formula is C11H22N2O. The number of nitrogens with one attached hydrogen (secondary N) is 1. The summed E-state index contributed by atoms with van der Waals surface area (Å²) in [6.07, 6.45) is 4.00. The first kappa shape index (κ1) is 11.5. The van der Waals surface area contributed by atoms with Gasteiger partial charge in [-0.25, -0.2) is 0 Å². The molecule has 2 unspecified atom stereocenters. The first-order chi connectivity index (χ1) is 6.38. The van der Waals surface area contributed by atoms with E-state index in [9.17, 15) is 4.79 Å². The standard InChI is InChI=1S/C11H22N2O/c1-11(2,3)13-10(14)8-5-4-6-9(12)7-8/h8-9H,4-7,12H2,1-3H3,(H,13,14). The van der Waals surface area contributed by atoms with Gasteiger partial charge in [-0.1, -0.05) is 6.42 Å². The van der Waals surface area contributed by atoms with E-state index < -0.39 is 0 Å². The molecule has 0 spiro atoms. The summed E-state index contributed by atoms with van der Waals surface area (Å²) in [6, 6.07) is 0.222. The van der Waals surface area contributed by atoms with Gasteiger partial charge in [0.25, 0.3) is 0 Å². The zero-order valence-corrected chi connectivity index (χ0v) is 9.47. The Morgan fingerprint density at radius 2 is 2.00 bits per heavy atom. The third-order valence-corrected chi connectivity index (χ3v) is 2.58. The predicted molar refractivity (Wildman–Crippen MR) is 57.8 cm³/mol. The molecule has 0 radical (unpaired) electrons. The third-order valence-electron chi connectivity index (χ3n) is 2.58. The van der Waals surface area contributed by atoms with Crippen molar-refractivity contribution in [2.45, 2.75) is 58.0 Å². The van der Waals surface area contributed by atoms with Crippen molar-refractivity contribution in [3.05, 3.63) is 0 Å². The van der Waals surface area contributed by atoms with E-state index in [1.54, 1.807) is 0 Å². The van der Waals surface area contributed by atoms with Gasteiger partial charge in [0.2, 0.25) is 5.91 Å². The summed E-state index contributed by atoms with van der Waals surface area (Å²) in [5, 5.41) is 3.01. The van der Waals surface area contributed by atoms with Crippen molar-refractivity contribution in [2.75, 3.05) is 0 Å². The highest BCUT2D eigenvalue weighted by atomic mass is 16.2. The SMILES string of the molecule is CC(C)(C)NC(=O)C1CCCC(N)C1. The van der Waals surface area contributed by atoms with Gasteiger partial charge in [0.1, 0.15) is 0 Å². The third kappa shape index (κ3) is 3.66. The van der Waals surface area contributed by atoms with Crippen molar-refractivity contribution < 1.29 is 4.79 Å². The average molecular weight is 198 g/mol. The quantitative estimate of drug-likeness (QED) is 0.669. The molecule has 1 aliphatic carbocycles. The molecule has 0 saturated heterocycles. The molecule has 0 aromatic carbocycles. The summed E-state index contributed by atoms with van der Waals surface area (Å²) in [5.74, 6) is 0.311. The molecule has 2 atom stereocenters. The van der Waals surface area contributed by atoms with Crippen LogP contribution in [0.4, 0.5) is 0 Å². The fourth-order valence-electron chi connectivity index (χ4n) is 1.94. The lowest BCUT2D eigenvalue weighted by Gasteiger charge is -2.29. The van der Waals surface area contributed by atoms with Crippen molar-refractivity contribution >= 4 is 5.91 Å². The Morgan fingerprint density at radius 1 is 1.36 bits per heavy atom. The molecule has 3 nitrogen and oxygen atoms in total. The molecule has 1 aliphatic rings. The predicted octanol–water partition coefficient (Wildman–Crippen LogP) is 1.42. The van der Waals surface area contributed by atoms with Crippen LogP contribution in [0.5, 0.6) is 0 Å². The molecule has 1 fully saturated rings. The van der Waals surface area contributed by atoms with Crippen LogP contribution >= 0.6 is 0 Å². The van der Waals surface area contributed by atoms with Crippen LogP contribution in [0.25, 0.3) is 0 Å². The second-order valence-electron chi connectivity index (χ2n) is 5.36. The summed E-state index contributed by atoms with van der Waals surface area (Å²) in [5.41, 5.74) is 5.72. The van der Waals surface area contributed by atoms with Gasteiger partial charge < -0.3 is 11.1 Å². The van der Waals surface area contributed by atoms with E-state index in [4.69, 9.17) is 5.73 Å². The molecule has 0 aliphatic heterocycles. The topological polar surface area (TPSA) is 55.1 Å². The van der Waals surface area contributed by atoms with Gasteiger partial charge >= 0.3 is 0 Å². The summed E-state index contributed by atoms with van der Waals surface area (Å²) in [6.45, 7) is 6.02. The van der Waals surface area contributed by atoms with Crippen LogP contribution < -0.4 is 11.1 Å². The zero-order valence-electron chi connectivity index (χ0n) is 9.47. The van der Waals surface area contributed by atoms with Crippen LogP contribution in [0.2, 0.25) is 0 Å². The number of rotatable bonds is 1. The van der Waals surface area contributed by atoms with Gasteiger partial charge in [0.15, 0.2) is 0 Å². The Hall–Kier alpha value is -0.570. The lowest BCUT2D eigenvalue weighted by molar-refractivity contribution is -0.127. The molecule has 1 rings (SSSR count). The number of hydrogen-bond acceptors (Lipinski definition) is 2. The number of carbonyl (C=O) groups is 1. The van der Waals surface area contributed by atoms with Crippen molar-refractivity contribution in [1.82, 2.24) is 5.32 Å². The van der Waals surface area contributed by atoms with E-state index in [2.05, 4.69) is 5.32 Å². The maximum absolute atomic E-state index is 11.8. The largest absolute Gasteiger partial charge is 0.351 e. The van der Waals surface area contributed by atoms with Gasteiger partial charge in [0, 0.05) is 17.5 Å². The average Bonchev–Trinajstić information content (AvgIpc) is 2.01. The molecule has 3 heteroatoms. The first-order valence-electron chi connectivity index (χ1n) is 5.46. The molecule has 82 valence electrons. The zero-order chi connectivity index (χ0) is 10.8. The summed E-state index contributed by atoms with van der Waals surface area (Å²) < 4.78 is 0. The minimum absolute atomic E-state index is 0.126. The fourth-order valence-corrected chi connectivity index (χ4v) is 1.94. The second-order valence-corrected chi connectivity index (χ2v) is 5.36. The van der Waals surface area contributed by atoms with Gasteiger partial charge in [0.05, 0.1) is 0 Å². The van der Waals surface area contributed by atoms with Crippen molar-refractivity contribution in [1.29, 1.82) is 0 Å². The molecular weight excluding hydrogens is 176 g/mol. The Balaban J connectivity index is 2.44. The van der Waals surface area contributed by atoms with Crippen LogP contribution in [0, 0.1) is 5.92 Å². The Labute approximate surface area is 86.4 Å². The van der Waals surface area contributed by atoms with E-state index in [1.807, 2.05) is 20.8 Å². The maximum Gasteiger partial charge on any atom is 0.223 e. The number of hydrogen-bond donors (Lipinski definition) is 2. The fraction of sp³-hybridized carbons (Fsp3) is 0.909. The van der Waals surface area contributed by atoms with Crippen molar-refractivity contribution in [2.24, 2.45) is 11.7 Å². The van der Waals surface area contributed by atoms with Crippen LogP contribution in [-0.4, -0.2) is 17.5 Å². The Morgan fingerprint density at radius 3 is 2.50 bits per heavy atom. The van der Waals surface area contributed by atoms with E-state index in [1.165, 1.54) is 0 Å². The Bertz CT molecular complexity index is 208. The number of nitrogens with two attached hydrogens (primary N) is 1. The number of amides is 1. The molecule has 0 aromatic rings. The molecule has 0 aromatic heterocycles. The second kappa shape index (κ2) is 4.30. The number of carbonyl (C=O) groups excluding carboxylic acids is 1. The maximum atomic E-state index is 11.8. The van der Waals surface area contributed by atoms with E-state index in [0.29, 0.717) is 0 Å². The normalized spacial score (nSPS) is 28.6. The molecule has 0 bridgehead atoms. The van der Waals surface area contributed by atoms with Crippen LogP contribution in [0.3, 0.4) is 0 Å². The highest BCUT2D eigenvalue weighted by molar-refractivity contribution is 5.79. The van der Waals surface area contributed by atoms with Crippen LogP contribution in [0.1, 0.15) is 46.5 Å². The monoisotopic (exact) mass is 198 g/mol. The first-order valence-corrected chi connectivity index (χ1v) is 5.46. The minimum atomic E-state index is -0.126. The smallest absolute Gasteiger partial charge is 0.223 e. The summed E-state index contributed by atoms with van der Waals surface area (Å²) in [4.78, 5) is 11.8. The van der Waals surface area contributed by atoms with Gasteiger partial charge in [-0.05, 0) is 40.0 Å². The van der Waals surface area contributed by atoms with Crippen molar-refractivity contribution in [3.63, 3.8) is 0 Å². The lowest BCUT2D eigenvalue weighted by atomic mass is 9.85.